The molecule has 0 saturated heterocycles. The number of oxazole rings is 1. The smallest absolute Gasteiger partial charge is 0.234 e. The Bertz CT molecular complexity index is 916. The molecule has 0 spiro atoms. The Morgan fingerprint density at radius 1 is 1.08 bits per heavy atom. The van der Waals surface area contributed by atoms with E-state index in [4.69, 9.17) is 39.2 Å². The van der Waals surface area contributed by atoms with E-state index < -0.39 is 0 Å². The summed E-state index contributed by atoms with van der Waals surface area (Å²) in [5.41, 5.74) is 2.12. The highest BCUT2D eigenvalue weighted by atomic mass is 35.5. The zero-order chi connectivity index (χ0) is 18.5. The molecule has 0 radical (unpaired) electrons. The zero-order valence-electron chi connectivity index (χ0n) is 13.3. The second-order valence-electron chi connectivity index (χ2n) is 5.30. The van der Waals surface area contributed by atoms with E-state index in [2.05, 4.69) is 10.3 Å². The van der Waals surface area contributed by atoms with E-state index in [1.165, 1.54) is 23.9 Å². The van der Waals surface area contributed by atoms with Gasteiger partial charge in [0.25, 0.3) is 0 Å². The molecule has 1 amide bonds. The molecule has 134 valence electrons. The minimum Gasteiger partial charge on any atom is -0.444 e. The van der Waals surface area contributed by atoms with Gasteiger partial charge in [0.15, 0.2) is 0 Å². The first-order valence-electron chi connectivity index (χ1n) is 7.55. The topological polar surface area (TPSA) is 55.1 Å². The number of aromatic nitrogens is 1. The van der Waals surface area contributed by atoms with Crippen molar-refractivity contribution in [3.8, 4) is 11.5 Å². The number of carbonyl (C=O) groups excluding carboxylic acids is 1. The quantitative estimate of drug-likeness (QED) is 0.478. The number of nitrogens with one attached hydrogen (secondary N) is 1. The van der Waals surface area contributed by atoms with Crippen molar-refractivity contribution < 1.29 is 9.21 Å². The van der Waals surface area contributed by atoms with Crippen LogP contribution in [0.15, 0.2) is 53.1 Å². The van der Waals surface area contributed by atoms with Crippen LogP contribution in [-0.2, 0) is 10.5 Å². The highest BCUT2D eigenvalue weighted by Crippen LogP contribution is 2.32. The second-order valence-corrected chi connectivity index (χ2v) is 7.50. The largest absolute Gasteiger partial charge is 0.444 e. The van der Waals surface area contributed by atoms with E-state index in [-0.39, 0.29) is 11.7 Å². The maximum Gasteiger partial charge on any atom is 0.234 e. The predicted molar refractivity (Wildman–Crippen MR) is 108 cm³/mol. The molecule has 8 heteroatoms. The average Bonchev–Trinajstić information content (AvgIpc) is 3.09. The summed E-state index contributed by atoms with van der Waals surface area (Å²) in [6, 6.07) is 12.7. The zero-order valence-corrected chi connectivity index (χ0v) is 16.4. The van der Waals surface area contributed by atoms with Crippen LogP contribution in [0.5, 0.6) is 0 Å². The van der Waals surface area contributed by atoms with E-state index in [0.29, 0.717) is 32.4 Å². The van der Waals surface area contributed by atoms with Crippen LogP contribution in [0.25, 0.3) is 11.5 Å². The molecule has 0 atom stereocenters. The number of anilines is 1. The molecule has 1 heterocycles. The van der Waals surface area contributed by atoms with Gasteiger partial charge in [-0.1, -0.05) is 53.0 Å². The third-order valence-electron chi connectivity index (χ3n) is 3.34. The highest BCUT2D eigenvalue weighted by Gasteiger charge is 2.11. The molecule has 3 aromatic rings. The summed E-state index contributed by atoms with van der Waals surface area (Å²) >= 11 is 19.3. The monoisotopic (exact) mass is 426 g/mol. The summed E-state index contributed by atoms with van der Waals surface area (Å²) in [4.78, 5) is 16.5. The first kappa shape index (κ1) is 19.1. The first-order chi connectivity index (χ1) is 12.5. The van der Waals surface area contributed by atoms with Gasteiger partial charge in [-0.2, -0.15) is 0 Å². The fraction of sp³-hybridized carbons (Fsp3) is 0.111. The van der Waals surface area contributed by atoms with E-state index in [0.717, 1.165) is 11.3 Å². The summed E-state index contributed by atoms with van der Waals surface area (Å²) in [7, 11) is 0. The second kappa shape index (κ2) is 8.82. The van der Waals surface area contributed by atoms with Crippen LogP contribution in [0.4, 0.5) is 5.69 Å². The van der Waals surface area contributed by atoms with Crippen molar-refractivity contribution >= 4 is 58.2 Å². The molecule has 0 aliphatic rings. The van der Waals surface area contributed by atoms with Crippen molar-refractivity contribution in [2.75, 3.05) is 11.1 Å². The lowest BCUT2D eigenvalue weighted by Crippen LogP contribution is -2.14. The van der Waals surface area contributed by atoms with Gasteiger partial charge in [-0.3, -0.25) is 4.79 Å². The van der Waals surface area contributed by atoms with Gasteiger partial charge in [-0.05, 0) is 24.3 Å². The van der Waals surface area contributed by atoms with Gasteiger partial charge in [-0.15, -0.1) is 11.8 Å². The maximum absolute atomic E-state index is 12.1. The lowest BCUT2D eigenvalue weighted by atomic mass is 10.2. The molecule has 0 aliphatic carbocycles. The van der Waals surface area contributed by atoms with Gasteiger partial charge in [-0.25, -0.2) is 4.98 Å². The fourth-order valence-corrected chi connectivity index (χ4v) is 3.43. The molecular formula is C18H13Cl3N2O2S. The molecule has 26 heavy (non-hydrogen) atoms. The van der Waals surface area contributed by atoms with Gasteiger partial charge in [0.2, 0.25) is 11.8 Å². The molecule has 1 N–H and O–H groups in total. The number of amides is 1. The molecule has 0 saturated carbocycles. The highest BCUT2D eigenvalue weighted by molar-refractivity contribution is 7.99. The molecule has 1 aromatic heterocycles. The van der Waals surface area contributed by atoms with Crippen LogP contribution >= 0.6 is 46.6 Å². The first-order valence-corrected chi connectivity index (χ1v) is 9.84. The van der Waals surface area contributed by atoms with E-state index >= 15 is 0 Å². The third-order valence-corrected chi connectivity index (χ3v) is 5.34. The van der Waals surface area contributed by atoms with Crippen LogP contribution in [0, 0.1) is 0 Å². The summed E-state index contributed by atoms with van der Waals surface area (Å²) in [5, 5.41) is 3.72. The number of nitrogens with zero attached hydrogens (tertiary/aromatic N) is 1. The molecule has 4 nitrogen and oxygen atoms in total. The Labute approximate surface area is 169 Å². The molecule has 3 rings (SSSR count). The molecule has 0 bridgehead atoms. The van der Waals surface area contributed by atoms with Crippen LogP contribution < -0.4 is 5.32 Å². The lowest BCUT2D eigenvalue weighted by Gasteiger charge is -2.08. The van der Waals surface area contributed by atoms with Crippen molar-refractivity contribution in [3.63, 3.8) is 0 Å². The van der Waals surface area contributed by atoms with Gasteiger partial charge >= 0.3 is 0 Å². The summed E-state index contributed by atoms with van der Waals surface area (Å²) in [6.45, 7) is 0. The van der Waals surface area contributed by atoms with Crippen molar-refractivity contribution in [2.24, 2.45) is 0 Å². The molecule has 0 fully saturated rings. The standard InChI is InChI=1S/C18H13Cl3N2O2S/c19-13-6-15(21)16(7-14(13)20)23-17(24)10-26-9-12-8-25-18(22-12)11-4-2-1-3-5-11/h1-8H,9-10H2,(H,23,24). The van der Waals surface area contributed by atoms with Gasteiger partial charge in [0.1, 0.15) is 6.26 Å². The number of hydrogen-bond acceptors (Lipinski definition) is 4. The Kier molecular flexibility index (Phi) is 6.48. The number of hydrogen-bond donors (Lipinski definition) is 1. The molecular weight excluding hydrogens is 415 g/mol. The summed E-state index contributed by atoms with van der Waals surface area (Å²) in [5.74, 6) is 1.17. The number of thioether (sulfide) groups is 1. The van der Waals surface area contributed by atoms with Crippen LogP contribution in [0.1, 0.15) is 5.69 Å². The summed E-state index contributed by atoms with van der Waals surface area (Å²) < 4.78 is 5.47. The Balaban J connectivity index is 1.52. The minimum absolute atomic E-state index is 0.193. The van der Waals surface area contributed by atoms with Gasteiger partial charge in [0, 0.05) is 11.3 Å². The molecule has 2 aromatic carbocycles. The summed E-state index contributed by atoms with van der Waals surface area (Å²) in [6.07, 6.45) is 1.60. The molecule has 0 unspecified atom stereocenters. The van der Waals surface area contributed by atoms with Crippen molar-refractivity contribution in [2.45, 2.75) is 5.75 Å². The van der Waals surface area contributed by atoms with Crippen LogP contribution in [0.2, 0.25) is 15.1 Å². The van der Waals surface area contributed by atoms with Crippen LogP contribution in [0.3, 0.4) is 0 Å². The van der Waals surface area contributed by atoms with Crippen molar-refractivity contribution in [1.82, 2.24) is 4.98 Å². The number of carbonyl (C=O) groups is 1. The van der Waals surface area contributed by atoms with E-state index in [9.17, 15) is 4.79 Å². The van der Waals surface area contributed by atoms with Crippen molar-refractivity contribution in [3.05, 3.63) is 69.5 Å². The normalized spacial score (nSPS) is 10.7. The Hall–Kier alpha value is -1.66. The SMILES string of the molecule is O=C(CSCc1coc(-c2ccccc2)n1)Nc1cc(Cl)c(Cl)cc1Cl. The van der Waals surface area contributed by atoms with Crippen LogP contribution in [-0.4, -0.2) is 16.6 Å². The van der Waals surface area contributed by atoms with E-state index in [1.54, 1.807) is 6.26 Å². The van der Waals surface area contributed by atoms with Crippen molar-refractivity contribution in [1.29, 1.82) is 0 Å². The minimum atomic E-state index is -0.193. The number of rotatable bonds is 6. The molecule has 0 aliphatic heterocycles. The maximum atomic E-state index is 12.1. The predicted octanol–water partition coefficient (Wildman–Crippen LogP) is 6.17. The Morgan fingerprint density at radius 3 is 2.58 bits per heavy atom. The third kappa shape index (κ3) is 4.95. The average molecular weight is 428 g/mol. The number of benzene rings is 2. The van der Waals surface area contributed by atoms with Gasteiger partial charge < -0.3 is 9.73 Å². The lowest BCUT2D eigenvalue weighted by molar-refractivity contribution is -0.113. The Morgan fingerprint density at radius 2 is 1.81 bits per heavy atom. The fourth-order valence-electron chi connectivity index (χ4n) is 2.14. The van der Waals surface area contributed by atoms with Gasteiger partial charge in [0.05, 0.1) is 32.2 Å². The number of halogens is 3. The van der Waals surface area contributed by atoms with E-state index in [1.807, 2.05) is 30.3 Å².